The zero-order chi connectivity index (χ0) is 12.0. The highest BCUT2D eigenvalue weighted by molar-refractivity contribution is 5.72. The Morgan fingerprint density at radius 1 is 1.62 bits per heavy atom. The average Bonchev–Trinajstić information content (AvgIpc) is 2.26. The van der Waals surface area contributed by atoms with Gasteiger partial charge in [-0.1, -0.05) is 13.3 Å². The fourth-order valence-corrected chi connectivity index (χ4v) is 1.22. The summed E-state index contributed by atoms with van der Waals surface area (Å²) in [6.07, 6.45) is 3.33. The van der Waals surface area contributed by atoms with E-state index in [4.69, 9.17) is 5.11 Å². The lowest BCUT2D eigenvalue weighted by Crippen LogP contribution is -2.27. The topological polar surface area (TPSA) is 84.2 Å². The molecule has 0 unspecified atom stereocenters. The zero-order valence-electron chi connectivity index (χ0n) is 9.14. The molecule has 1 aromatic heterocycles. The standard InChI is InChI=1S/C10H15N3O3/c1-2-3-6-13-10(16)8(4-5-12-13)11-7-9(14)15/h4-5,11H,2-3,6-7H2,1H3,(H,14,15). The van der Waals surface area contributed by atoms with Crippen molar-refractivity contribution in [3.8, 4) is 0 Å². The van der Waals surface area contributed by atoms with Crippen LogP contribution in [0.3, 0.4) is 0 Å². The maximum absolute atomic E-state index is 11.7. The van der Waals surface area contributed by atoms with Gasteiger partial charge in [-0.05, 0) is 12.5 Å². The first kappa shape index (κ1) is 12.2. The van der Waals surface area contributed by atoms with Crippen LogP contribution in [0.25, 0.3) is 0 Å². The first-order valence-corrected chi connectivity index (χ1v) is 5.17. The third kappa shape index (κ3) is 3.38. The molecule has 1 heterocycles. The molecule has 0 atom stereocenters. The molecule has 0 aromatic carbocycles. The Balaban J connectivity index is 2.78. The molecule has 0 saturated carbocycles. The zero-order valence-corrected chi connectivity index (χ0v) is 9.14. The lowest BCUT2D eigenvalue weighted by atomic mass is 10.3. The highest BCUT2D eigenvalue weighted by atomic mass is 16.4. The molecule has 0 bridgehead atoms. The molecule has 6 nitrogen and oxygen atoms in total. The first-order chi connectivity index (χ1) is 7.65. The minimum atomic E-state index is -1.00. The third-order valence-electron chi connectivity index (χ3n) is 2.07. The predicted octanol–water partition coefficient (Wildman–Crippen LogP) is 0.540. The smallest absolute Gasteiger partial charge is 0.322 e. The van der Waals surface area contributed by atoms with E-state index >= 15 is 0 Å². The van der Waals surface area contributed by atoms with Crippen LogP contribution in [0, 0.1) is 0 Å². The van der Waals surface area contributed by atoms with E-state index in [0.29, 0.717) is 6.54 Å². The number of carbonyl (C=O) groups is 1. The molecule has 16 heavy (non-hydrogen) atoms. The number of aliphatic carboxylic acids is 1. The highest BCUT2D eigenvalue weighted by Gasteiger charge is 2.04. The van der Waals surface area contributed by atoms with Gasteiger partial charge in [0.15, 0.2) is 0 Å². The van der Waals surface area contributed by atoms with Gasteiger partial charge in [-0.3, -0.25) is 9.59 Å². The molecule has 6 heteroatoms. The number of aryl methyl sites for hydroxylation is 1. The van der Waals surface area contributed by atoms with Crippen molar-refractivity contribution in [2.24, 2.45) is 0 Å². The normalized spacial score (nSPS) is 10.1. The third-order valence-corrected chi connectivity index (χ3v) is 2.07. The largest absolute Gasteiger partial charge is 0.480 e. The summed E-state index contributed by atoms with van der Waals surface area (Å²) in [5.74, 6) is -1.00. The van der Waals surface area contributed by atoms with E-state index < -0.39 is 5.97 Å². The molecule has 1 rings (SSSR count). The number of rotatable bonds is 6. The van der Waals surface area contributed by atoms with E-state index in [2.05, 4.69) is 10.4 Å². The van der Waals surface area contributed by atoms with Gasteiger partial charge in [-0.15, -0.1) is 0 Å². The van der Waals surface area contributed by atoms with Crippen molar-refractivity contribution in [2.45, 2.75) is 26.3 Å². The van der Waals surface area contributed by atoms with Crippen molar-refractivity contribution in [3.63, 3.8) is 0 Å². The fourth-order valence-electron chi connectivity index (χ4n) is 1.22. The Bertz CT molecular complexity index is 414. The number of unbranched alkanes of at least 4 members (excludes halogenated alkanes) is 1. The van der Waals surface area contributed by atoms with Crippen LogP contribution in [-0.2, 0) is 11.3 Å². The SMILES string of the molecule is CCCCn1nccc(NCC(=O)O)c1=O. The van der Waals surface area contributed by atoms with Crippen LogP contribution < -0.4 is 10.9 Å². The lowest BCUT2D eigenvalue weighted by molar-refractivity contribution is -0.134. The van der Waals surface area contributed by atoms with E-state index in [1.807, 2.05) is 6.92 Å². The summed E-state index contributed by atoms with van der Waals surface area (Å²) < 4.78 is 1.34. The fraction of sp³-hybridized carbons (Fsp3) is 0.500. The Morgan fingerprint density at radius 3 is 3.00 bits per heavy atom. The van der Waals surface area contributed by atoms with E-state index in [9.17, 15) is 9.59 Å². The van der Waals surface area contributed by atoms with Crippen LogP contribution in [0.1, 0.15) is 19.8 Å². The van der Waals surface area contributed by atoms with Gasteiger partial charge in [0.1, 0.15) is 12.2 Å². The van der Waals surface area contributed by atoms with Crippen molar-refractivity contribution in [1.82, 2.24) is 9.78 Å². The van der Waals surface area contributed by atoms with Gasteiger partial charge in [0.2, 0.25) is 0 Å². The van der Waals surface area contributed by atoms with Crippen molar-refractivity contribution >= 4 is 11.7 Å². The number of hydrogen-bond acceptors (Lipinski definition) is 4. The molecule has 0 radical (unpaired) electrons. The Morgan fingerprint density at radius 2 is 2.38 bits per heavy atom. The summed E-state index contributed by atoms with van der Waals surface area (Å²) in [7, 11) is 0. The molecule has 0 aliphatic rings. The second kappa shape index (κ2) is 5.89. The Kier molecular flexibility index (Phi) is 4.50. The number of anilines is 1. The summed E-state index contributed by atoms with van der Waals surface area (Å²) >= 11 is 0. The van der Waals surface area contributed by atoms with Gasteiger partial charge in [0.25, 0.3) is 5.56 Å². The molecule has 1 aromatic rings. The van der Waals surface area contributed by atoms with Crippen LogP contribution in [0.15, 0.2) is 17.1 Å². The van der Waals surface area contributed by atoms with Crippen LogP contribution in [0.2, 0.25) is 0 Å². The lowest BCUT2D eigenvalue weighted by Gasteiger charge is -2.06. The molecule has 0 aliphatic carbocycles. The summed E-state index contributed by atoms with van der Waals surface area (Å²) in [5.41, 5.74) is -0.00861. The van der Waals surface area contributed by atoms with Gasteiger partial charge in [0, 0.05) is 12.7 Å². The van der Waals surface area contributed by atoms with E-state index in [1.165, 1.54) is 16.9 Å². The molecule has 0 saturated heterocycles. The van der Waals surface area contributed by atoms with Crippen LogP contribution in [0.4, 0.5) is 5.69 Å². The predicted molar refractivity (Wildman–Crippen MR) is 59.5 cm³/mol. The summed E-state index contributed by atoms with van der Waals surface area (Å²) in [6, 6.07) is 1.48. The Labute approximate surface area is 92.9 Å². The second-order valence-electron chi connectivity index (χ2n) is 3.37. The summed E-state index contributed by atoms with van der Waals surface area (Å²) in [6.45, 7) is 2.31. The number of nitrogens with zero attached hydrogens (tertiary/aromatic N) is 2. The van der Waals surface area contributed by atoms with Gasteiger partial charge in [-0.25, -0.2) is 4.68 Å². The molecule has 0 fully saturated rings. The molecular formula is C10H15N3O3. The average molecular weight is 225 g/mol. The van der Waals surface area contributed by atoms with Crippen LogP contribution in [0.5, 0.6) is 0 Å². The second-order valence-corrected chi connectivity index (χ2v) is 3.37. The van der Waals surface area contributed by atoms with Gasteiger partial charge < -0.3 is 10.4 Å². The monoisotopic (exact) mass is 225 g/mol. The molecule has 0 amide bonds. The molecule has 0 aliphatic heterocycles. The highest BCUT2D eigenvalue weighted by Crippen LogP contribution is 1.97. The van der Waals surface area contributed by atoms with Crippen molar-refractivity contribution in [2.75, 3.05) is 11.9 Å². The van der Waals surface area contributed by atoms with Gasteiger partial charge >= 0.3 is 5.97 Å². The van der Waals surface area contributed by atoms with Gasteiger partial charge in [0.05, 0.1) is 0 Å². The number of aromatic nitrogens is 2. The maximum Gasteiger partial charge on any atom is 0.322 e. The van der Waals surface area contributed by atoms with E-state index in [0.717, 1.165) is 12.8 Å². The minimum Gasteiger partial charge on any atom is -0.480 e. The number of nitrogens with one attached hydrogen (secondary N) is 1. The first-order valence-electron chi connectivity index (χ1n) is 5.17. The number of hydrogen-bond donors (Lipinski definition) is 2. The number of carboxylic acid groups (broad SMARTS) is 1. The molecular weight excluding hydrogens is 210 g/mol. The molecule has 88 valence electrons. The van der Waals surface area contributed by atoms with Crippen LogP contribution >= 0.6 is 0 Å². The van der Waals surface area contributed by atoms with E-state index in [-0.39, 0.29) is 17.8 Å². The quantitative estimate of drug-likeness (QED) is 0.738. The summed E-state index contributed by atoms with van der Waals surface area (Å²) in [5, 5.41) is 15.0. The maximum atomic E-state index is 11.7. The Hall–Kier alpha value is -1.85. The summed E-state index contributed by atoms with van der Waals surface area (Å²) in [4.78, 5) is 22.1. The van der Waals surface area contributed by atoms with Crippen molar-refractivity contribution in [1.29, 1.82) is 0 Å². The van der Waals surface area contributed by atoms with E-state index in [1.54, 1.807) is 0 Å². The van der Waals surface area contributed by atoms with Crippen LogP contribution in [-0.4, -0.2) is 27.4 Å². The number of carboxylic acids is 1. The molecule has 2 N–H and O–H groups in total. The minimum absolute atomic E-state index is 0.271. The van der Waals surface area contributed by atoms with Crippen molar-refractivity contribution in [3.05, 3.63) is 22.6 Å². The molecule has 0 spiro atoms. The van der Waals surface area contributed by atoms with Gasteiger partial charge in [-0.2, -0.15) is 5.10 Å². The van der Waals surface area contributed by atoms with Crippen molar-refractivity contribution < 1.29 is 9.90 Å².